The summed E-state index contributed by atoms with van der Waals surface area (Å²) in [6.07, 6.45) is 1.68. The van der Waals surface area contributed by atoms with E-state index in [-0.39, 0.29) is 0 Å². The van der Waals surface area contributed by atoms with Crippen molar-refractivity contribution in [2.24, 2.45) is 5.73 Å². The molecule has 0 saturated carbocycles. The van der Waals surface area contributed by atoms with E-state index in [1.165, 1.54) is 5.69 Å². The number of hydrogen-bond acceptors (Lipinski definition) is 7. The molecule has 0 unspecified atom stereocenters. The lowest BCUT2D eigenvalue weighted by Crippen LogP contribution is -2.36. The van der Waals surface area contributed by atoms with Gasteiger partial charge in [-0.2, -0.15) is 0 Å². The summed E-state index contributed by atoms with van der Waals surface area (Å²) in [7, 11) is 0. The minimum Gasteiger partial charge on any atom is -0.383 e. The molecule has 0 aliphatic carbocycles. The summed E-state index contributed by atoms with van der Waals surface area (Å²) in [6, 6.07) is 24.5. The number of fused-ring (bicyclic) bond motifs is 1. The molecule has 8 heteroatoms. The second-order valence-electron chi connectivity index (χ2n) is 8.76. The van der Waals surface area contributed by atoms with Gasteiger partial charge in [-0.3, -0.25) is 4.57 Å². The number of nitrogen functional groups attached to an aromatic ring is 1. The summed E-state index contributed by atoms with van der Waals surface area (Å²) in [5.74, 6) is 1.12. The number of imidazole rings is 1. The van der Waals surface area contributed by atoms with E-state index in [0.717, 1.165) is 65.5 Å². The molecule has 1 fully saturated rings. The molecule has 36 heavy (non-hydrogen) atoms. The van der Waals surface area contributed by atoms with Crippen LogP contribution >= 0.6 is 0 Å². The lowest BCUT2D eigenvalue weighted by Gasteiger charge is -2.28. The fourth-order valence-electron chi connectivity index (χ4n) is 4.60. The molecule has 5 aromatic rings. The third-order valence-corrected chi connectivity index (χ3v) is 6.55. The smallest absolute Gasteiger partial charge is 0.165 e. The van der Waals surface area contributed by atoms with Crippen LogP contribution in [0, 0.1) is 0 Å². The summed E-state index contributed by atoms with van der Waals surface area (Å²) in [4.78, 5) is 16.6. The topological polar surface area (TPSA) is 108 Å². The molecular weight excluding hydrogens is 450 g/mol. The third-order valence-electron chi connectivity index (χ3n) is 6.55. The molecule has 0 radical (unpaired) electrons. The second kappa shape index (κ2) is 9.41. The molecule has 1 aliphatic rings. The SMILES string of the molecule is NCc1ccc(-n2c(-c3cccnc3N)nc3ccc(-c4ccc(N5CCOCC5)cc4)nc32)cc1. The van der Waals surface area contributed by atoms with Crippen molar-refractivity contribution in [1.82, 2.24) is 19.5 Å². The molecule has 180 valence electrons. The number of benzene rings is 2. The van der Waals surface area contributed by atoms with Crippen LogP contribution in [-0.4, -0.2) is 45.8 Å². The maximum atomic E-state index is 6.25. The van der Waals surface area contributed by atoms with Gasteiger partial charge in [-0.1, -0.05) is 24.3 Å². The van der Waals surface area contributed by atoms with E-state index in [2.05, 4.69) is 34.1 Å². The van der Waals surface area contributed by atoms with Gasteiger partial charge in [-0.25, -0.2) is 15.0 Å². The van der Waals surface area contributed by atoms with Crippen molar-refractivity contribution in [2.45, 2.75) is 6.54 Å². The Balaban J connectivity index is 1.47. The molecule has 4 N–H and O–H groups in total. The highest BCUT2D eigenvalue weighted by Crippen LogP contribution is 2.32. The first-order chi connectivity index (χ1) is 17.7. The van der Waals surface area contributed by atoms with E-state index in [1.807, 2.05) is 53.1 Å². The summed E-state index contributed by atoms with van der Waals surface area (Å²) in [6.45, 7) is 3.83. The Hall–Kier alpha value is -4.27. The largest absolute Gasteiger partial charge is 0.383 e. The van der Waals surface area contributed by atoms with Crippen molar-refractivity contribution in [2.75, 3.05) is 36.9 Å². The highest BCUT2D eigenvalue weighted by molar-refractivity contribution is 5.84. The summed E-state index contributed by atoms with van der Waals surface area (Å²) >= 11 is 0. The minimum absolute atomic E-state index is 0.423. The summed E-state index contributed by atoms with van der Waals surface area (Å²) < 4.78 is 7.52. The quantitative estimate of drug-likeness (QED) is 0.393. The molecule has 0 bridgehead atoms. The molecule has 6 rings (SSSR count). The summed E-state index contributed by atoms with van der Waals surface area (Å²) in [5.41, 5.74) is 19.5. The van der Waals surface area contributed by atoms with Crippen LogP contribution in [0.15, 0.2) is 79.0 Å². The van der Waals surface area contributed by atoms with Crippen molar-refractivity contribution in [3.8, 4) is 28.3 Å². The van der Waals surface area contributed by atoms with Crippen molar-refractivity contribution in [3.05, 3.63) is 84.6 Å². The number of morpholine rings is 1. The predicted octanol–water partition coefficient (Wildman–Crippen LogP) is 4.03. The number of rotatable bonds is 5. The molecule has 0 spiro atoms. The molecule has 1 aliphatic heterocycles. The van der Waals surface area contributed by atoms with Crippen molar-refractivity contribution in [1.29, 1.82) is 0 Å². The van der Waals surface area contributed by atoms with E-state index in [9.17, 15) is 0 Å². The van der Waals surface area contributed by atoms with Crippen LogP contribution < -0.4 is 16.4 Å². The van der Waals surface area contributed by atoms with Gasteiger partial charge >= 0.3 is 0 Å². The normalized spacial score (nSPS) is 13.9. The Kier molecular flexibility index (Phi) is 5.80. The van der Waals surface area contributed by atoms with E-state index in [1.54, 1.807) is 6.20 Å². The number of aromatic nitrogens is 4. The molecule has 0 amide bonds. The highest BCUT2D eigenvalue weighted by atomic mass is 16.5. The van der Waals surface area contributed by atoms with E-state index >= 15 is 0 Å². The van der Waals surface area contributed by atoms with Crippen LogP contribution in [0.2, 0.25) is 0 Å². The fraction of sp³-hybridized carbons (Fsp3) is 0.179. The highest BCUT2D eigenvalue weighted by Gasteiger charge is 2.19. The number of nitrogens with zero attached hydrogens (tertiary/aromatic N) is 5. The third kappa shape index (κ3) is 4.06. The molecule has 0 atom stereocenters. The zero-order valence-electron chi connectivity index (χ0n) is 19.8. The maximum absolute atomic E-state index is 6.25. The number of ether oxygens (including phenoxy) is 1. The average Bonchev–Trinajstić information content (AvgIpc) is 3.32. The van der Waals surface area contributed by atoms with E-state index < -0.39 is 0 Å². The van der Waals surface area contributed by atoms with Crippen LogP contribution in [0.5, 0.6) is 0 Å². The van der Waals surface area contributed by atoms with Gasteiger partial charge in [0.2, 0.25) is 0 Å². The monoisotopic (exact) mass is 477 g/mol. The predicted molar refractivity (Wildman–Crippen MR) is 143 cm³/mol. The first-order valence-corrected chi connectivity index (χ1v) is 12.0. The minimum atomic E-state index is 0.423. The van der Waals surface area contributed by atoms with E-state index in [0.29, 0.717) is 18.2 Å². The van der Waals surface area contributed by atoms with Gasteiger partial charge in [-0.15, -0.1) is 0 Å². The van der Waals surface area contributed by atoms with Crippen LogP contribution in [-0.2, 0) is 11.3 Å². The van der Waals surface area contributed by atoms with Gasteiger partial charge in [0.05, 0.1) is 24.5 Å². The standard InChI is InChI=1S/C28H27N7O/c29-18-19-3-7-22(8-4-19)35-27(23-2-1-13-31-26(23)30)33-25-12-11-24(32-28(25)35)20-5-9-21(10-6-20)34-14-16-36-17-15-34/h1-13H,14-18,29H2,(H2,30,31). The molecule has 8 nitrogen and oxygen atoms in total. The zero-order chi connectivity index (χ0) is 24.5. The first kappa shape index (κ1) is 22.2. The van der Waals surface area contributed by atoms with Gasteiger partial charge in [0.25, 0.3) is 0 Å². The lowest BCUT2D eigenvalue weighted by molar-refractivity contribution is 0.122. The number of nitrogens with two attached hydrogens (primary N) is 2. The number of hydrogen-bond donors (Lipinski definition) is 2. The van der Waals surface area contributed by atoms with Crippen molar-refractivity contribution >= 4 is 22.7 Å². The Morgan fingerprint density at radius 1 is 0.833 bits per heavy atom. The first-order valence-electron chi connectivity index (χ1n) is 12.0. The zero-order valence-corrected chi connectivity index (χ0v) is 19.8. The van der Waals surface area contributed by atoms with Gasteiger partial charge in [0.15, 0.2) is 11.5 Å². The number of pyridine rings is 2. The number of anilines is 2. The Bertz CT molecular complexity index is 1500. The van der Waals surface area contributed by atoms with Crippen LogP contribution in [0.3, 0.4) is 0 Å². The second-order valence-corrected chi connectivity index (χ2v) is 8.76. The molecule has 4 heterocycles. The van der Waals surface area contributed by atoms with Crippen LogP contribution in [0.25, 0.3) is 39.5 Å². The van der Waals surface area contributed by atoms with Crippen molar-refractivity contribution < 1.29 is 4.74 Å². The average molecular weight is 478 g/mol. The van der Waals surface area contributed by atoms with Crippen LogP contribution in [0.1, 0.15) is 5.56 Å². The fourth-order valence-corrected chi connectivity index (χ4v) is 4.60. The van der Waals surface area contributed by atoms with E-state index in [4.69, 9.17) is 26.2 Å². The van der Waals surface area contributed by atoms with Crippen molar-refractivity contribution in [3.63, 3.8) is 0 Å². The molecule has 1 saturated heterocycles. The lowest BCUT2D eigenvalue weighted by atomic mass is 10.1. The molecule has 3 aromatic heterocycles. The Labute approximate surface area is 209 Å². The van der Waals surface area contributed by atoms with Gasteiger partial charge in [0, 0.05) is 42.8 Å². The molecule has 2 aromatic carbocycles. The van der Waals surface area contributed by atoms with Gasteiger partial charge in [-0.05, 0) is 54.1 Å². The Morgan fingerprint density at radius 3 is 2.31 bits per heavy atom. The van der Waals surface area contributed by atoms with Gasteiger partial charge < -0.3 is 21.1 Å². The summed E-state index contributed by atoms with van der Waals surface area (Å²) in [5, 5.41) is 0. The van der Waals surface area contributed by atoms with Gasteiger partial charge in [0.1, 0.15) is 11.3 Å². The van der Waals surface area contributed by atoms with Crippen LogP contribution in [0.4, 0.5) is 11.5 Å². The maximum Gasteiger partial charge on any atom is 0.165 e. The molecular formula is C28H27N7O. The Morgan fingerprint density at radius 2 is 1.58 bits per heavy atom.